The lowest BCUT2D eigenvalue weighted by Gasteiger charge is -2.03. The van der Waals surface area contributed by atoms with Gasteiger partial charge in [0.25, 0.3) is 0 Å². The summed E-state index contributed by atoms with van der Waals surface area (Å²) in [5, 5.41) is 10.8. The van der Waals surface area contributed by atoms with E-state index >= 15 is 0 Å². The molecule has 0 atom stereocenters. The summed E-state index contributed by atoms with van der Waals surface area (Å²) in [7, 11) is 0. The molecular weight excluding hydrogens is 416 g/mol. The zero-order valence-electron chi connectivity index (χ0n) is 16.1. The zero-order valence-corrected chi connectivity index (χ0v) is 17.7. The Morgan fingerprint density at radius 1 is 0.867 bits per heavy atom. The van der Waals surface area contributed by atoms with Crippen LogP contribution >= 0.6 is 22.7 Å². The molecule has 0 unspecified atom stereocenters. The van der Waals surface area contributed by atoms with E-state index in [2.05, 4.69) is 20.6 Å². The average molecular weight is 435 g/mol. The van der Waals surface area contributed by atoms with E-state index in [9.17, 15) is 9.59 Å². The van der Waals surface area contributed by atoms with Crippen LogP contribution in [0.4, 0.5) is 10.8 Å². The fourth-order valence-corrected chi connectivity index (χ4v) is 4.38. The van der Waals surface area contributed by atoms with Gasteiger partial charge in [-0.15, -0.1) is 22.7 Å². The molecule has 2 aromatic heterocycles. The van der Waals surface area contributed by atoms with Gasteiger partial charge in [-0.2, -0.15) is 0 Å². The van der Waals surface area contributed by atoms with Gasteiger partial charge in [-0.1, -0.05) is 42.5 Å². The lowest BCUT2D eigenvalue weighted by atomic mass is 10.1. The van der Waals surface area contributed by atoms with Crippen molar-refractivity contribution in [1.82, 2.24) is 9.97 Å². The van der Waals surface area contributed by atoms with Crippen molar-refractivity contribution in [1.29, 1.82) is 0 Å². The number of nitrogens with one attached hydrogen (secondary N) is 2. The minimum absolute atomic E-state index is 0.114. The predicted molar refractivity (Wildman–Crippen MR) is 122 cm³/mol. The van der Waals surface area contributed by atoms with Crippen LogP contribution in [0.25, 0.3) is 21.8 Å². The summed E-state index contributed by atoms with van der Waals surface area (Å²) in [5.41, 5.74) is 4.19. The number of nitrogens with zero attached hydrogens (tertiary/aromatic N) is 2. The van der Waals surface area contributed by atoms with E-state index in [0.717, 1.165) is 33.2 Å². The highest BCUT2D eigenvalue weighted by atomic mass is 32.1. The second-order valence-corrected chi connectivity index (χ2v) is 8.25. The summed E-state index contributed by atoms with van der Waals surface area (Å²) in [6.45, 7) is 1.47. The molecule has 0 saturated carbocycles. The molecule has 150 valence electrons. The summed E-state index contributed by atoms with van der Waals surface area (Å²) >= 11 is 2.90. The molecule has 0 spiro atoms. The van der Waals surface area contributed by atoms with Gasteiger partial charge in [-0.3, -0.25) is 9.59 Å². The molecule has 4 rings (SSSR count). The zero-order chi connectivity index (χ0) is 20.9. The van der Waals surface area contributed by atoms with Gasteiger partial charge >= 0.3 is 0 Å². The third-order valence-corrected chi connectivity index (χ3v) is 5.86. The van der Waals surface area contributed by atoms with Crippen LogP contribution in [0.15, 0.2) is 65.4 Å². The molecule has 2 N–H and O–H groups in total. The number of amides is 2. The van der Waals surface area contributed by atoms with Crippen molar-refractivity contribution in [2.45, 2.75) is 13.3 Å². The van der Waals surface area contributed by atoms with Gasteiger partial charge in [0.15, 0.2) is 5.13 Å². The number of anilines is 2. The van der Waals surface area contributed by atoms with Gasteiger partial charge in [-0.25, -0.2) is 9.97 Å². The van der Waals surface area contributed by atoms with Crippen LogP contribution in [0.5, 0.6) is 0 Å². The van der Waals surface area contributed by atoms with E-state index in [0.29, 0.717) is 5.13 Å². The number of rotatable bonds is 6. The summed E-state index contributed by atoms with van der Waals surface area (Å²) in [5.74, 6) is -0.265. The summed E-state index contributed by atoms with van der Waals surface area (Å²) < 4.78 is 0. The highest BCUT2D eigenvalue weighted by molar-refractivity contribution is 7.14. The molecule has 2 heterocycles. The van der Waals surface area contributed by atoms with E-state index in [4.69, 9.17) is 0 Å². The molecule has 0 aliphatic rings. The maximum Gasteiger partial charge on any atom is 0.232 e. The van der Waals surface area contributed by atoms with Crippen molar-refractivity contribution in [3.63, 3.8) is 0 Å². The second-order valence-electron chi connectivity index (χ2n) is 6.53. The maximum absolute atomic E-state index is 12.4. The van der Waals surface area contributed by atoms with Crippen molar-refractivity contribution in [2.75, 3.05) is 10.6 Å². The molecule has 4 aromatic rings. The van der Waals surface area contributed by atoms with Crippen molar-refractivity contribution in [3.05, 3.63) is 71.1 Å². The lowest BCUT2D eigenvalue weighted by molar-refractivity contribution is -0.116. The number of benzene rings is 2. The van der Waals surface area contributed by atoms with Crippen LogP contribution in [0.1, 0.15) is 12.6 Å². The highest BCUT2D eigenvalue weighted by Crippen LogP contribution is 2.27. The Morgan fingerprint density at radius 3 is 2.37 bits per heavy atom. The minimum atomic E-state index is -0.151. The SMILES string of the molecule is CC(=O)Nc1ccc(-c2csc(NC(=O)Cc3csc(-c4ccccc4)n3)n2)cc1. The van der Waals surface area contributed by atoms with Gasteiger partial charge in [-0.05, 0) is 12.1 Å². The summed E-state index contributed by atoms with van der Waals surface area (Å²) in [6, 6.07) is 17.3. The monoisotopic (exact) mass is 434 g/mol. The highest BCUT2D eigenvalue weighted by Gasteiger charge is 2.12. The van der Waals surface area contributed by atoms with Gasteiger partial charge in [0.05, 0.1) is 17.8 Å². The molecule has 0 radical (unpaired) electrons. The predicted octanol–water partition coefficient (Wildman–Crippen LogP) is 5.07. The minimum Gasteiger partial charge on any atom is -0.326 e. The first kappa shape index (κ1) is 19.9. The van der Waals surface area contributed by atoms with Crippen molar-refractivity contribution >= 4 is 45.3 Å². The topological polar surface area (TPSA) is 84.0 Å². The Balaban J connectivity index is 1.37. The molecule has 0 fully saturated rings. The Hall–Kier alpha value is -3.36. The molecule has 0 saturated heterocycles. The molecule has 6 nitrogen and oxygen atoms in total. The number of hydrogen-bond donors (Lipinski definition) is 2. The van der Waals surface area contributed by atoms with Crippen LogP contribution in [-0.4, -0.2) is 21.8 Å². The average Bonchev–Trinajstić information content (AvgIpc) is 3.39. The number of thiazole rings is 2. The van der Waals surface area contributed by atoms with Crippen molar-refractivity contribution in [2.24, 2.45) is 0 Å². The number of hydrogen-bond acceptors (Lipinski definition) is 6. The Kier molecular flexibility index (Phi) is 5.97. The molecule has 2 amide bonds. The smallest absolute Gasteiger partial charge is 0.232 e. The van der Waals surface area contributed by atoms with Crippen LogP contribution in [0.2, 0.25) is 0 Å². The second kappa shape index (κ2) is 8.98. The van der Waals surface area contributed by atoms with Crippen LogP contribution in [-0.2, 0) is 16.0 Å². The van der Waals surface area contributed by atoms with Gasteiger partial charge in [0, 0.05) is 34.5 Å². The van der Waals surface area contributed by atoms with Crippen LogP contribution < -0.4 is 10.6 Å². The van der Waals surface area contributed by atoms with Crippen molar-refractivity contribution in [3.8, 4) is 21.8 Å². The molecule has 0 aliphatic heterocycles. The number of aromatic nitrogens is 2. The first-order valence-corrected chi connectivity index (χ1v) is 11.0. The van der Waals surface area contributed by atoms with Crippen LogP contribution in [0, 0.1) is 0 Å². The Bertz CT molecular complexity index is 1170. The fraction of sp³-hybridized carbons (Fsp3) is 0.0909. The standard InChI is InChI=1S/C22H18N4O2S2/c1-14(27)23-17-9-7-15(8-10-17)19-13-30-22(25-19)26-20(28)11-18-12-29-21(24-18)16-5-3-2-4-6-16/h2-10,12-13H,11H2,1H3,(H,23,27)(H,25,26,28). The third-order valence-electron chi connectivity index (χ3n) is 4.17. The molecule has 2 aromatic carbocycles. The number of carbonyl (C=O) groups excluding carboxylic acids is 2. The van der Waals surface area contributed by atoms with Crippen LogP contribution in [0.3, 0.4) is 0 Å². The van der Waals surface area contributed by atoms with Gasteiger partial charge in [0.1, 0.15) is 5.01 Å². The Labute approximate surface area is 181 Å². The number of carbonyl (C=O) groups is 2. The van der Waals surface area contributed by atoms with E-state index in [1.54, 1.807) is 0 Å². The fourth-order valence-electron chi connectivity index (χ4n) is 2.82. The largest absolute Gasteiger partial charge is 0.326 e. The van der Waals surface area contributed by atoms with E-state index in [-0.39, 0.29) is 18.2 Å². The third kappa shape index (κ3) is 4.97. The maximum atomic E-state index is 12.4. The molecule has 0 aliphatic carbocycles. The molecule has 30 heavy (non-hydrogen) atoms. The Morgan fingerprint density at radius 2 is 1.63 bits per heavy atom. The molecule has 0 bridgehead atoms. The van der Waals surface area contributed by atoms with Crippen molar-refractivity contribution < 1.29 is 9.59 Å². The van der Waals surface area contributed by atoms with E-state index in [1.165, 1.54) is 29.6 Å². The first-order chi connectivity index (χ1) is 14.6. The summed E-state index contributed by atoms with van der Waals surface area (Å²) in [4.78, 5) is 32.6. The lowest BCUT2D eigenvalue weighted by Crippen LogP contribution is -2.14. The van der Waals surface area contributed by atoms with Gasteiger partial charge < -0.3 is 10.6 Å². The van der Waals surface area contributed by atoms with E-state index < -0.39 is 0 Å². The summed E-state index contributed by atoms with van der Waals surface area (Å²) in [6.07, 6.45) is 0.198. The molecular formula is C22H18N4O2S2. The molecule has 8 heteroatoms. The van der Waals surface area contributed by atoms with Gasteiger partial charge in [0.2, 0.25) is 11.8 Å². The normalized spacial score (nSPS) is 10.6. The quantitative estimate of drug-likeness (QED) is 0.444. The van der Waals surface area contributed by atoms with E-state index in [1.807, 2.05) is 65.4 Å². The first-order valence-electron chi connectivity index (χ1n) is 9.20.